The molecule has 4 heteroatoms. The smallest absolute Gasteiger partial charge is 0.277 e. The van der Waals surface area contributed by atoms with Crippen LogP contribution in [-0.2, 0) is 9.59 Å². The normalized spacial score (nSPS) is 21.5. The number of rotatable bonds is 11. The number of unbranched alkanes of at least 4 members (excludes halogenated alkanes) is 7. The van der Waals surface area contributed by atoms with Gasteiger partial charge in [-0.2, -0.15) is 0 Å². The molecule has 2 aliphatic rings. The molecule has 2 heterocycles. The van der Waals surface area contributed by atoms with Gasteiger partial charge in [0.2, 0.25) is 0 Å². The summed E-state index contributed by atoms with van der Waals surface area (Å²) < 4.78 is 0. The Morgan fingerprint density at radius 1 is 0.848 bits per heavy atom. The molecule has 3 rings (SSSR count). The van der Waals surface area contributed by atoms with E-state index in [2.05, 4.69) is 38.7 Å². The minimum absolute atomic E-state index is 0.0841. The van der Waals surface area contributed by atoms with Crippen molar-refractivity contribution in [3.05, 3.63) is 40.6 Å². The summed E-state index contributed by atoms with van der Waals surface area (Å²) in [5.74, 6) is 0.854. The Morgan fingerprint density at radius 2 is 1.45 bits per heavy atom. The van der Waals surface area contributed by atoms with E-state index >= 15 is 0 Å². The number of likely N-dealkylation sites (tertiary alicyclic amines) is 1. The average molecular weight is 453 g/mol. The molecule has 1 aromatic carbocycles. The van der Waals surface area contributed by atoms with E-state index in [0.717, 1.165) is 37.1 Å². The first-order chi connectivity index (χ1) is 15.8. The fraction of sp³-hybridized carbons (Fsp3) is 0.655. The monoisotopic (exact) mass is 452 g/mol. The van der Waals surface area contributed by atoms with Crippen molar-refractivity contribution in [3.8, 4) is 0 Å². The summed E-state index contributed by atoms with van der Waals surface area (Å²) in [6, 6.07) is 6.19. The lowest BCUT2D eigenvalue weighted by molar-refractivity contribution is -0.137. The molecule has 0 saturated carbocycles. The summed E-state index contributed by atoms with van der Waals surface area (Å²) in [6.45, 7) is 13.1. The van der Waals surface area contributed by atoms with Crippen LogP contribution in [0.1, 0.15) is 95.2 Å². The summed E-state index contributed by atoms with van der Waals surface area (Å²) >= 11 is 0. The maximum absolute atomic E-state index is 13.6. The zero-order chi connectivity index (χ0) is 24.0. The zero-order valence-corrected chi connectivity index (χ0v) is 21.6. The minimum Gasteiger partial charge on any atom is -0.366 e. The molecule has 0 spiro atoms. The van der Waals surface area contributed by atoms with Gasteiger partial charge in [-0.15, -0.1) is 0 Å². The summed E-state index contributed by atoms with van der Waals surface area (Å²) in [6.07, 6.45) is 10.8. The van der Waals surface area contributed by atoms with Gasteiger partial charge in [0.15, 0.2) is 0 Å². The van der Waals surface area contributed by atoms with Crippen molar-refractivity contribution in [3.63, 3.8) is 0 Å². The van der Waals surface area contributed by atoms with E-state index in [4.69, 9.17) is 0 Å². The molecule has 33 heavy (non-hydrogen) atoms. The fourth-order valence-corrected chi connectivity index (χ4v) is 5.65. The third-order valence-electron chi connectivity index (χ3n) is 7.22. The van der Waals surface area contributed by atoms with Crippen LogP contribution in [0.15, 0.2) is 23.9 Å². The quantitative estimate of drug-likeness (QED) is 0.284. The van der Waals surface area contributed by atoms with Gasteiger partial charge in [0.05, 0.1) is 5.57 Å². The average Bonchev–Trinajstić information content (AvgIpc) is 2.99. The second kappa shape index (κ2) is 11.9. The Labute approximate surface area is 201 Å². The van der Waals surface area contributed by atoms with Crippen molar-refractivity contribution < 1.29 is 9.59 Å². The van der Waals surface area contributed by atoms with Crippen LogP contribution in [0.3, 0.4) is 0 Å². The molecule has 0 N–H and O–H groups in total. The number of imide groups is 1. The SMILES string of the molecule is CCCCCCCCCCN1C(=O)C(c2ccc(C)cc2C)=C(N2CC(C)CC(C)C2)C1=O. The van der Waals surface area contributed by atoms with E-state index in [1.807, 2.05) is 19.1 Å². The van der Waals surface area contributed by atoms with E-state index in [0.29, 0.717) is 29.7 Å². The highest BCUT2D eigenvalue weighted by Gasteiger charge is 2.42. The van der Waals surface area contributed by atoms with Crippen LogP contribution < -0.4 is 0 Å². The van der Waals surface area contributed by atoms with Gasteiger partial charge in [0.25, 0.3) is 11.8 Å². The number of hydrogen-bond acceptors (Lipinski definition) is 3. The molecule has 2 aliphatic heterocycles. The van der Waals surface area contributed by atoms with Gasteiger partial charge in [-0.1, -0.05) is 89.5 Å². The molecular weight excluding hydrogens is 408 g/mol. The van der Waals surface area contributed by atoms with E-state index in [1.165, 1.54) is 55.4 Å². The van der Waals surface area contributed by atoms with Gasteiger partial charge in [0, 0.05) is 19.6 Å². The molecule has 2 amide bonds. The molecule has 2 unspecified atom stereocenters. The summed E-state index contributed by atoms with van der Waals surface area (Å²) in [5, 5.41) is 0. The largest absolute Gasteiger partial charge is 0.366 e. The van der Waals surface area contributed by atoms with Crippen molar-refractivity contribution in [2.75, 3.05) is 19.6 Å². The van der Waals surface area contributed by atoms with Crippen molar-refractivity contribution in [1.82, 2.24) is 9.80 Å². The van der Waals surface area contributed by atoms with Gasteiger partial charge in [-0.05, 0) is 49.7 Å². The highest BCUT2D eigenvalue weighted by Crippen LogP contribution is 2.36. The predicted molar refractivity (Wildman–Crippen MR) is 137 cm³/mol. The van der Waals surface area contributed by atoms with E-state index < -0.39 is 0 Å². The number of carbonyl (C=O) groups excluding carboxylic acids is 2. The summed E-state index contributed by atoms with van der Waals surface area (Å²) in [7, 11) is 0. The number of nitrogens with zero attached hydrogens (tertiary/aromatic N) is 2. The van der Waals surface area contributed by atoms with Crippen molar-refractivity contribution >= 4 is 17.4 Å². The van der Waals surface area contributed by atoms with E-state index in [9.17, 15) is 9.59 Å². The second-order valence-corrected chi connectivity index (χ2v) is 10.6. The number of aryl methyl sites for hydroxylation is 2. The van der Waals surface area contributed by atoms with Crippen molar-refractivity contribution in [2.24, 2.45) is 11.8 Å². The third kappa shape index (κ3) is 6.28. The lowest BCUT2D eigenvalue weighted by Crippen LogP contribution is -2.42. The number of carbonyl (C=O) groups is 2. The molecule has 0 aromatic heterocycles. The topological polar surface area (TPSA) is 40.6 Å². The highest BCUT2D eigenvalue weighted by molar-refractivity contribution is 6.35. The van der Waals surface area contributed by atoms with E-state index in [1.54, 1.807) is 0 Å². The van der Waals surface area contributed by atoms with Crippen LogP contribution in [0.2, 0.25) is 0 Å². The maximum atomic E-state index is 13.6. The van der Waals surface area contributed by atoms with Crippen molar-refractivity contribution in [1.29, 1.82) is 0 Å². The molecule has 0 aliphatic carbocycles. The number of benzene rings is 1. The lowest BCUT2D eigenvalue weighted by Gasteiger charge is -2.37. The van der Waals surface area contributed by atoms with Crippen LogP contribution >= 0.6 is 0 Å². The van der Waals surface area contributed by atoms with Gasteiger partial charge >= 0.3 is 0 Å². The molecule has 2 atom stereocenters. The summed E-state index contributed by atoms with van der Waals surface area (Å²) in [4.78, 5) is 31.0. The third-order valence-corrected chi connectivity index (χ3v) is 7.22. The van der Waals surface area contributed by atoms with Crippen LogP contribution in [-0.4, -0.2) is 41.2 Å². The zero-order valence-electron chi connectivity index (χ0n) is 21.6. The Balaban J connectivity index is 1.76. The van der Waals surface area contributed by atoms with Crippen LogP contribution in [0.25, 0.3) is 5.57 Å². The van der Waals surface area contributed by atoms with Gasteiger partial charge in [-0.3, -0.25) is 14.5 Å². The van der Waals surface area contributed by atoms with E-state index in [-0.39, 0.29) is 11.8 Å². The first kappa shape index (κ1) is 25.5. The molecular formula is C29H44N2O2. The minimum atomic E-state index is -0.101. The van der Waals surface area contributed by atoms with Crippen LogP contribution in [0, 0.1) is 25.7 Å². The Kier molecular flexibility index (Phi) is 9.17. The van der Waals surface area contributed by atoms with Crippen LogP contribution in [0.4, 0.5) is 0 Å². The van der Waals surface area contributed by atoms with Gasteiger partial charge in [0.1, 0.15) is 5.70 Å². The molecule has 1 saturated heterocycles. The first-order valence-electron chi connectivity index (χ1n) is 13.3. The Hall–Kier alpha value is -2.10. The number of piperidine rings is 1. The molecule has 1 aromatic rings. The number of amides is 2. The first-order valence-corrected chi connectivity index (χ1v) is 13.3. The predicted octanol–water partition coefficient (Wildman–Crippen LogP) is 6.50. The molecule has 4 nitrogen and oxygen atoms in total. The van der Waals surface area contributed by atoms with Crippen LogP contribution in [0.5, 0.6) is 0 Å². The standard InChI is InChI=1S/C29H44N2O2/c1-6-7-8-9-10-11-12-13-16-31-28(32)26(25-15-14-21(2)18-24(25)5)27(29(31)33)30-19-22(3)17-23(4)20-30/h14-15,18,22-23H,6-13,16-17,19-20H2,1-5H3. The lowest BCUT2D eigenvalue weighted by atomic mass is 9.90. The Morgan fingerprint density at radius 3 is 2.06 bits per heavy atom. The highest BCUT2D eigenvalue weighted by atomic mass is 16.2. The molecule has 0 bridgehead atoms. The molecule has 182 valence electrons. The fourth-order valence-electron chi connectivity index (χ4n) is 5.65. The Bertz CT molecular complexity index is 862. The second-order valence-electron chi connectivity index (χ2n) is 10.6. The maximum Gasteiger partial charge on any atom is 0.277 e. The summed E-state index contributed by atoms with van der Waals surface area (Å²) in [5.41, 5.74) is 4.42. The van der Waals surface area contributed by atoms with Crippen molar-refractivity contribution in [2.45, 2.75) is 92.4 Å². The van der Waals surface area contributed by atoms with Gasteiger partial charge < -0.3 is 4.90 Å². The van der Waals surface area contributed by atoms with Gasteiger partial charge in [-0.25, -0.2) is 0 Å². The molecule has 1 fully saturated rings. The number of hydrogen-bond donors (Lipinski definition) is 0. The molecule has 0 radical (unpaired) electrons.